The number of hydrogen-bond acceptors (Lipinski definition) is 3. The van der Waals surface area contributed by atoms with E-state index in [2.05, 4.69) is 0 Å². The minimum atomic E-state index is -1.83. The van der Waals surface area contributed by atoms with Crippen LogP contribution in [0, 0.1) is 0 Å². The van der Waals surface area contributed by atoms with E-state index in [0.29, 0.717) is 13.2 Å². The molecule has 0 rings (SSSR count). The van der Waals surface area contributed by atoms with Gasteiger partial charge < -0.3 is 20.1 Å². The molecule has 5 heteroatoms. The Morgan fingerprint density at radius 2 is 1.90 bits per heavy atom. The van der Waals surface area contributed by atoms with E-state index in [1.807, 2.05) is 6.92 Å². The first kappa shape index (κ1) is 11.9. The molecule has 0 fully saturated rings. The third-order valence-corrected chi connectivity index (χ3v) is 0.440. The molecule has 0 saturated carbocycles. The molecule has 0 aliphatic rings. The van der Waals surface area contributed by atoms with E-state index in [9.17, 15) is 0 Å². The van der Waals surface area contributed by atoms with Crippen LogP contribution < -0.4 is 0 Å². The summed E-state index contributed by atoms with van der Waals surface area (Å²) in [6, 6.07) is 0. The maximum atomic E-state index is 8.56. The number of aliphatic hydroxyl groups excluding tert-OH is 1. The van der Waals surface area contributed by atoms with Crippen LogP contribution in [-0.4, -0.2) is 41.3 Å². The lowest BCUT2D eigenvalue weighted by molar-refractivity contribution is 0.102. The lowest BCUT2D eigenvalue weighted by Gasteiger charge is -1.91. The van der Waals surface area contributed by atoms with E-state index in [4.69, 9.17) is 24.9 Å². The van der Waals surface area contributed by atoms with Gasteiger partial charge in [0.05, 0.1) is 13.2 Å². The lowest BCUT2D eigenvalue weighted by Crippen LogP contribution is -1.96. The monoisotopic (exact) mass is 152 g/mol. The number of rotatable bonds is 3. The van der Waals surface area contributed by atoms with Gasteiger partial charge >= 0.3 is 6.16 Å². The fourth-order valence-electron chi connectivity index (χ4n) is 0.209. The van der Waals surface area contributed by atoms with E-state index >= 15 is 0 Å². The first-order valence-corrected chi connectivity index (χ1v) is 2.75. The standard InChI is InChI=1S/C4H10O2.CH2O3/c1-2-6-4-3-5;2-1(3)4/h5H,2-4H2,1H3;(H2,2,3,4). The Labute approximate surface area is 58.9 Å². The summed E-state index contributed by atoms with van der Waals surface area (Å²) in [5, 5.41) is 22.0. The number of ether oxygens (including phenoxy) is 1. The molecule has 3 N–H and O–H groups in total. The average molecular weight is 152 g/mol. The topological polar surface area (TPSA) is 87.0 Å². The van der Waals surface area contributed by atoms with Crippen LogP contribution in [0.3, 0.4) is 0 Å². The maximum Gasteiger partial charge on any atom is 0.503 e. The molecule has 0 aliphatic carbocycles. The molecule has 62 valence electrons. The molecule has 0 atom stereocenters. The average Bonchev–Trinajstić information content (AvgIpc) is 1.82. The molecule has 0 aromatic carbocycles. The van der Waals surface area contributed by atoms with Gasteiger partial charge in [0.15, 0.2) is 0 Å². The van der Waals surface area contributed by atoms with Crippen LogP contribution in [-0.2, 0) is 4.74 Å². The zero-order valence-corrected chi connectivity index (χ0v) is 5.78. The molecule has 0 aromatic rings. The predicted octanol–water partition coefficient (Wildman–Crippen LogP) is 0.238. The Kier molecular flexibility index (Phi) is 13.2. The van der Waals surface area contributed by atoms with Crippen molar-refractivity contribution in [2.45, 2.75) is 6.92 Å². The maximum absolute atomic E-state index is 8.56. The van der Waals surface area contributed by atoms with Gasteiger partial charge in [0.1, 0.15) is 0 Å². The molecule has 5 nitrogen and oxygen atoms in total. The van der Waals surface area contributed by atoms with Crippen LogP contribution in [0.4, 0.5) is 4.79 Å². The minimum Gasteiger partial charge on any atom is -0.450 e. The summed E-state index contributed by atoms with van der Waals surface area (Å²) in [7, 11) is 0. The second-order valence-corrected chi connectivity index (χ2v) is 1.20. The van der Waals surface area contributed by atoms with Crippen LogP contribution in [0.15, 0.2) is 0 Å². The molecular weight excluding hydrogens is 140 g/mol. The minimum absolute atomic E-state index is 0.133. The highest BCUT2D eigenvalue weighted by Crippen LogP contribution is 1.66. The molecule has 0 bridgehead atoms. The molecule has 0 spiro atoms. The van der Waals surface area contributed by atoms with Crippen molar-refractivity contribution >= 4 is 6.16 Å². The molecule has 0 amide bonds. The highest BCUT2D eigenvalue weighted by Gasteiger charge is 1.73. The molecule has 10 heavy (non-hydrogen) atoms. The van der Waals surface area contributed by atoms with Crippen molar-refractivity contribution in [3.63, 3.8) is 0 Å². The van der Waals surface area contributed by atoms with E-state index in [1.54, 1.807) is 0 Å². The molecule has 0 aromatic heterocycles. The van der Waals surface area contributed by atoms with Crippen molar-refractivity contribution in [1.82, 2.24) is 0 Å². The van der Waals surface area contributed by atoms with Crippen molar-refractivity contribution < 1.29 is 24.9 Å². The summed E-state index contributed by atoms with van der Waals surface area (Å²) in [6.45, 7) is 3.20. The van der Waals surface area contributed by atoms with E-state index in [1.165, 1.54) is 0 Å². The van der Waals surface area contributed by atoms with Gasteiger partial charge in [-0.3, -0.25) is 0 Å². The predicted molar refractivity (Wildman–Crippen MR) is 34.2 cm³/mol. The fraction of sp³-hybridized carbons (Fsp3) is 0.800. The van der Waals surface area contributed by atoms with Gasteiger partial charge in [0.2, 0.25) is 0 Å². The summed E-state index contributed by atoms with van der Waals surface area (Å²) in [5.41, 5.74) is 0. The van der Waals surface area contributed by atoms with Gasteiger partial charge in [-0.1, -0.05) is 0 Å². The molecule has 0 unspecified atom stereocenters. The number of carbonyl (C=O) groups is 1. The van der Waals surface area contributed by atoms with Crippen molar-refractivity contribution in [3.8, 4) is 0 Å². The van der Waals surface area contributed by atoms with E-state index < -0.39 is 6.16 Å². The van der Waals surface area contributed by atoms with Crippen LogP contribution in [0.25, 0.3) is 0 Å². The molecule has 0 aliphatic heterocycles. The lowest BCUT2D eigenvalue weighted by atomic mass is 10.8. The summed E-state index contributed by atoms with van der Waals surface area (Å²) in [5.74, 6) is 0. The van der Waals surface area contributed by atoms with Crippen LogP contribution >= 0.6 is 0 Å². The van der Waals surface area contributed by atoms with E-state index in [-0.39, 0.29) is 6.61 Å². The molecule has 0 heterocycles. The number of hydrogen-bond donors (Lipinski definition) is 3. The Morgan fingerprint density at radius 3 is 2.00 bits per heavy atom. The third-order valence-electron chi connectivity index (χ3n) is 0.440. The van der Waals surface area contributed by atoms with Crippen LogP contribution in [0.2, 0.25) is 0 Å². The summed E-state index contributed by atoms with van der Waals surface area (Å²) >= 11 is 0. The Morgan fingerprint density at radius 1 is 1.50 bits per heavy atom. The zero-order chi connectivity index (χ0) is 8.41. The highest BCUT2D eigenvalue weighted by atomic mass is 16.6. The van der Waals surface area contributed by atoms with Crippen LogP contribution in [0.1, 0.15) is 6.92 Å². The van der Waals surface area contributed by atoms with Crippen LogP contribution in [0.5, 0.6) is 0 Å². The Hall–Kier alpha value is -0.810. The Bertz CT molecular complexity index is 64.4. The summed E-state index contributed by atoms with van der Waals surface area (Å²) < 4.78 is 4.73. The second-order valence-electron chi connectivity index (χ2n) is 1.20. The van der Waals surface area contributed by atoms with Crippen molar-refractivity contribution in [2.24, 2.45) is 0 Å². The third kappa shape index (κ3) is 57.4. The largest absolute Gasteiger partial charge is 0.503 e. The first-order valence-electron chi connectivity index (χ1n) is 2.75. The van der Waals surface area contributed by atoms with E-state index in [0.717, 1.165) is 0 Å². The van der Waals surface area contributed by atoms with Gasteiger partial charge in [0, 0.05) is 6.61 Å². The fourth-order valence-corrected chi connectivity index (χ4v) is 0.209. The quantitative estimate of drug-likeness (QED) is 0.504. The first-order chi connectivity index (χ1) is 4.65. The molecular formula is C5H12O5. The Balaban J connectivity index is 0. The van der Waals surface area contributed by atoms with Gasteiger partial charge in [-0.05, 0) is 6.92 Å². The van der Waals surface area contributed by atoms with Gasteiger partial charge in [-0.15, -0.1) is 0 Å². The SMILES string of the molecule is CCOCCO.O=C(O)O. The van der Waals surface area contributed by atoms with Gasteiger partial charge in [-0.2, -0.15) is 0 Å². The van der Waals surface area contributed by atoms with Gasteiger partial charge in [0.25, 0.3) is 0 Å². The highest BCUT2D eigenvalue weighted by molar-refractivity contribution is 5.53. The molecule has 0 saturated heterocycles. The smallest absolute Gasteiger partial charge is 0.450 e. The summed E-state index contributed by atoms with van der Waals surface area (Å²) in [4.78, 5) is 8.56. The van der Waals surface area contributed by atoms with Crippen molar-refractivity contribution in [3.05, 3.63) is 0 Å². The zero-order valence-electron chi connectivity index (χ0n) is 5.78. The normalized spacial score (nSPS) is 7.80. The second kappa shape index (κ2) is 11.0. The summed E-state index contributed by atoms with van der Waals surface area (Å²) in [6.07, 6.45) is -1.83. The van der Waals surface area contributed by atoms with Crippen molar-refractivity contribution in [1.29, 1.82) is 0 Å². The van der Waals surface area contributed by atoms with Crippen molar-refractivity contribution in [2.75, 3.05) is 19.8 Å². The number of carboxylic acid groups (broad SMARTS) is 2. The van der Waals surface area contributed by atoms with Gasteiger partial charge in [-0.25, -0.2) is 4.79 Å². The number of aliphatic hydroxyl groups is 1. The molecule has 0 radical (unpaired) electrons.